The van der Waals surface area contributed by atoms with E-state index in [0.717, 1.165) is 44.6 Å². The maximum atomic E-state index is 13.0. The molecule has 7 nitrogen and oxygen atoms in total. The topological polar surface area (TPSA) is 118 Å². The van der Waals surface area contributed by atoms with Crippen molar-refractivity contribution >= 4 is 48.9 Å². The van der Waals surface area contributed by atoms with E-state index in [4.69, 9.17) is 17.3 Å². The van der Waals surface area contributed by atoms with Gasteiger partial charge in [-0.05, 0) is 79.3 Å². The molecule has 2 aliphatic carbocycles. The van der Waals surface area contributed by atoms with Crippen LogP contribution in [0.5, 0.6) is 0 Å². The lowest BCUT2D eigenvalue weighted by Gasteiger charge is -2.18. The molecular formula is C27H27ClN4O3S2. The molecule has 37 heavy (non-hydrogen) atoms. The molecule has 192 valence electrons. The molecule has 0 radical (unpaired) electrons. The summed E-state index contributed by atoms with van der Waals surface area (Å²) in [5, 5.41) is 11.4. The average Bonchev–Trinajstić information content (AvgIpc) is 3.79. The minimum absolute atomic E-state index is 0.270. The third-order valence-electron chi connectivity index (χ3n) is 6.97. The second kappa shape index (κ2) is 9.63. The fourth-order valence-electron chi connectivity index (χ4n) is 4.63. The molecule has 1 aromatic carbocycles. The van der Waals surface area contributed by atoms with E-state index in [1.165, 1.54) is 11.3 Å². The van der Waals surface area contributed by atoms with Crippen molar-refractivity contribution in [2.45, 2.75) is 49.5 Å². The Labute approximate surface area is 224 Å². The molecule has 4 aromatic rings. The van der Waals surface area contributed by atoms with Crippen LogP contribution in [0.1, 0.15) is 47.9 Å². The Morgan fingerprint density at radius 2 is 1.95 bits per heavy atom. The zero-order valence-corrected chi connectivity index (χ0v) is 22.4. The molecular weight excluding hydrogens is 528 g/mol. The fourth-order valence-corrected chi connectivity index (χ4v) is 7.67. The minimum Gasteiger partial charge on any atom is -0.392 e. The lowest BCUT2D eigenvalue weighted by Crippen LogP contribution is -2.32. The number of anilines is 1. The molecule has 2 atom stereocenters. The Morgan fingerprint density at radius 1 is 1.14 bits per heavy atom. The molecule has 0 saturated heterocycles. The molecule has 2 aliphatic rings. The Bertz CT molecular complexity index is 1580. The zero-order valence-electron chi connectivity index (χ0n) is 20.0. The van der Waals surface area contributed by atoms with Gasteiger partial charge < -0.3 is 10.8 Å². The van der Waals surface area contributed by atoms with Crippen molar-refractivity contribution < 1.29 is 13.5 Å². The molecule has 3 heterocycles. The first-order valence-corrected chi connectivity index (χ1v) is 15.1. The van der Waals surface area contributed by atoms with Gasteiger partial charge in [-0.1, -0.05) is 29.8 Å². The monoisotopic (exact) mass is 554 g/mol. The molecule has 0 amide bonds. The predicted molar refractivity (Wildman–Crippen MR) is 148 cm³/mol. The van der Waals surface area contributed by atoms with Gasteiger partial charge in [-0.3, -0.25) is 4.98 Å². The number of sulfonamides is 1. The fraction of sp³-hybridized carbons (Fsp3) is 0.333. The van der Waals surface area contributed by atoms with Crippen molar-refractivity contribution in [1.29, 1.82) is 0 Å². The first-order chi connectivity index (χ1) is 17.8. The summed E-state index contributed by atoms with van der Waals surface area (Å²) in [6, 6.07) is 14.4. The number of nitrogens with zero attached hydrogens (tertiary/aromatic N) is 2. The van der Waals surface area contributed by atoms with Crippen molar-refractivity contribution in [3.05, 3.63) is 75.9 Å². The molecule has 6 rings (SSSR count). The van der Waals surface area contributed by atoms with Crippen LogP contribution in [0.3, 0.4) is 0 Å². The number of aliphatic hydroxyl groups excluding tert-OH is 1. The third-order valence-corrected chi connectivity index (χ3v) is 10.5. The van der Waals surface area contributed by atoms with E-state index < -0.39 is 21.3 Å². The van der Waals surface area contributed by atoms with Crippen LogP contribution in [0.25, 0.3) is 21.3 Å². The number of fused-ring (bicyclic) bond motifs is 1. The highest BCUT2D eigenvalue weighted by Gasteiger charge is 2.38. The number of aliphatic hydroxyl groups is 1. The number of hydrogen-bond donors (Lipinski definition) is 3. The molecule has 2 fully saturated rings. The van der Waals surface area contributed by atoms with Gasteiger partial charge in [-0.15, -0.1) is 11.3 Å². The Morgan fingerprint density at radius 3 is 2.70 bits per heavy atom. The third kappa shape index (κ3) is 5.24. The molecule has 10 heteroatoms. The van der Waals surface area contributed by atoms with Crippen molar-refractivity contribution in [1.82, 2.24) is 14.7 Å². The summed E-state index contributed by atoms with van der Waals surface area (Å²) < 4.78 is 29.8. The van der Waals surface area contributed by atoms with Crippen LogP contribution in [0, 0.1) is 5.92 Å². The van der Waals surface area contributed by atoms with Gasteiger partial charge in [-0.25, -0.2) is 18.1 Å². The number of aromatic nitrogens is 2. The van der Waals surface area contributed by atoms with Crippen molar-refractivity contribution in [2.24, 2.45) is 5.92 Å². The second-order valence-electron chi connectivity index (χ2n) is 9.93. The summed E-state index contributed by atoms with van der Waals surface area (Å²) in [6.45, 7) is 0. The van der Waals surface area contributed by atoms with Gasteiger partial charge >= 0.3 is 0 Å². The first-order valence-electron chi connectivity index (χ1n) is 12.4. The van der Waals surface area contributed by atoms with Crippen molar-refractivity contribution in [3.8, 4) is 11.3 Å². The number of pyridine rings is 2. The molecule has 3 aromatic heterocycles. The van der Waals surface area contributed by atoms with Crippen molar-refractivity contribution in [3.63, 3.8) is 0 Å². The van der Waals surface area contributed by atoms with Crippen LogP contribution >= 0.6 is 22.9 Å². The summed E-state index contributed by atoms with van der Waals surface area (Å²) in [6.07, 6.45) is 5.54. The molecule has 4 N–H and O–H groups in total. The normalized spacial score (nSPS) is 17.7. The first kappa shape index (κ1) is 24.8. The summed E-state index contributed by atoms with van der Waals surface area (Å²) in [5.74, 6) is 0.676. The highest BCUT2D eigenvalue weighted by Crippen LogP contribution is 2.41. The standard InChI is InChI=1S/C27H27ClN4O3S2/c28-20-8-9-24(29)31-25(20)26(32-37(34,35)18-6-7-18)23-14-17-2-1-3-19(27(17)36-23)21-12-15(10-11-30-21)13-22(33)16-4-5-16/h1-3,8-12,14,16,18,22,26,32-33H,4-7,13H2,(H2,29,31). The van der Waals surface area contributed by atoms with Crippen LogP contribution in [-0.4, -0.2) is 34.8 Å². The molecule has 0 spiro atoms. The second-order valence-corrected chi connectivity index (χ2v) is 13.4. The predicted octanol–water partition coefficient (Wildman–Crippen LogP) is 5.08. The van der Waals surface area contributed by atoms with Gasteiger partial charge in [0.2, 0.25) is 10.0 Å². The van der Waals surface area contributed by atoms with E-state index in [0.29, 0.717) is 35.9 Å². The number of nitrogens with two attached hydrogens (primary N) is 1. The largest absolute Gasteiger partial charge is 0.392 e. The molecule has 0 bridgehead atoms. The van der Waals surface area contributed by atoms with E-state index in [2.05, 4.69) is 14.7 Å². The molecule has 2 unspecified atom stereocenters. The van der Waals surface area contributed by atoms with E-state index in [9.17, 15) is 13.5 Å². The summed E-state index contributed by atoms with van der Waals surface area (Å²) in [5.41, 5.74) is 9.15. The minimum atomic E-state index is -3.55. The van der Waals surface area contributed by atoms with Gasteiger partial charge in [0.05, 0.1) is 33.8 Å². The number of nitrogen functional groups attached to an aromatic ring is 1. The summed E-state index contributed by atoms with van der Waals surface area (Å²) in [7, 11) is -3.55. The van der Waals surface area contributed by atoms with E-state index in [1.54, 1.807) is 18.3 Å². The summed E-state index contributed by atoms with van der Waals surface area (Å²) >= 11 is 7.99. The number of rotatable bonds is 9. The van der Waals surface area contributed by atoms with Gasteiger partial charge in [0.1, 0.15) is 5.82 Å². The van der Waals surface area contributed by atoms with Crippen LogP contribution < -0.4 is 10.5 Å². The van der Waals surface area contributed by atoms with Crippen molar-refractivity contribution in [2.75, 3.05) is 5.73 Å². The number of hydrogen-bond acceptors (Lipinski definition) is 7. The van der Waals surface area contributed by atoms with Gasteiger partial charge in [-0.2, -0.15) is 0 Å². The maximum absolute atomic E-state index is 13.0. The highest BCUT2D eigenvalue weighted by molar-refractivity contribution is 7.90. The lowest BCUT2D eigenvalue weighted by atomic mass is 10.0. The Balaban J connectivity index is 1.41. The van der Waals surface area contributed by atoms with E-state index >= 15 is 0 Å². The van der Waals surface area contributed by atoms with Gasteiger partial charge in [0.15, 0.2) is 0 Å². The Kier molecular flexibility index (Phi) is 6.45. The lowest BCUT2D eigenvalue weighted by molar-refractivity contribution is 0.151. The van der Waals surface area contributed by atoms with Crippen LogP contribution in [0.2, 0.25) is 5.02 Å². The SMILES string of the molecule is Nc1ccc(Cl)c(C(NS(=O)(=O)C2CC2)c2cc3cccc(-c4cc(CC(O)C5CC5)ccn4)c3s2)n1. The molecule has 2 saturated carbocycles. The average molecular weight is 555 g/mol. The smallest absolute Gasteiger partial charge is 0.215 e. The number of halogens is 1. The van der Waals surface area contributed by atoms with Gasteiger partial charge in [0, 0.05) is 21.3 Å². The number of nitrogens with one attached hydrogen (secondary N) is 1. The maximum Gasteiger partial charge on any atom is 0.215 e. The quantitative estimate of drug-likeness (QED) is 0.265. The molecule has 0 aliphatic heterocycles. The Hall–Kier alpha value is -2.56. The number of benzene rings is 1. The highest BCUT2D eigenvalue weighted by atomic mass is 35.5. The van der Waals surface area contributed by atoms with Crippen LogP contribution in [0.4, 0.5) is 5.82 Å². The summed E-state index contributed by atoms with van der Waals surface area (Å²) in [4.78, 5) is 9.80. The number of thiophene rings is 1. The van der Waals surface area contributed by atoms with Crippen LogP contribution in [-0.2, 0) is 16.4 Å². The van der Waals surface area contributed by atoms with Gasteiger partial charge in [0.25, 0.3) is 0 Å². The zero-order chi connectivity index (χ0) is 25.7. The van der Waals surface area contributed by atoms with Crippen LogP contribution in [0.15, 0.2) is 54.7 Å². The van der Waals surface area contributed by atoms with E-state index in [-0.39, 0.29) is 11.9 Å². The van der Waals surface area contributed by atoms with E-state index in [1.807, 2.05) is 36.4 Å².